The van der Waals surface area contributed by atoms with Gasteiger partial charge in [-0.05, 0) is 56.3 Å². The summed E-state index contributed by atoms with van der Waals surface area (Å²) in [4.78, 5) is 22.0. The van der Waals surface area contributed by atoms with Gasteiger partial charge in [-0.2, -0.15) is 0 Å². The summed E-state index contributed by atoms with van der Waals surface area (Å²) in [7, 11) is 0. The van der Waals surface area contributed by atoms with E-state index < -0.39 is 0 Å². The number of pyridine rings is 1. The van der Waals surface area contributed by atoms with Crippen LogP contribution in [-0.4, -0.2) is 52.5 Å². The molecular weight excluding hydrogens is 312 g/mol. The number of nitrogens with one attached hydrogen (secondary N) is 1. The van der Waals surface area contributed by atoms with Crippen molar-refractivity contribution in [2.45, 2.75) is 63.6 Å². The van der Waals surface area contributed by atoms with Crippen molar-refractivity contribution in [1.29, 1.82) is 0 Å². The van der Waals surface area contributed by atoms with Crippen molar-refractivity contribution in [2.24, 2.45) is 5.92 Å². The smallest absolute Gasteiger partial charge is 0.318 e. The maximum atomic E-state index is 13.2. The highest BCUT2D eigenvalue weighted by Gasteiger charge is 2.36. The summed E-state index contributed by atoms with van der Waals surface area (Å²) in [5.41, 5.74) is 1.12. The minimum atomic E-state index is 0.134. The first-order chi connectivity index (χ1) is 12.3. The zero-order chi connectivity index (χ0) is 17.1. The summed E-state index contributed by atoms with van der Waals surface area (Å²) in [6.07, 6.45) is 12.2. The molecule has 5 nitrogen and oxygen atoms in total. The Bertz CT molecular complexity index is 564. The lowest BCUT2D eigenvalue weighted by molar-refractivity contribution is 0.0691. The Hall–Kier alpha value is -1.62. The predicted octanol–water partition coefficient (Wildman–Crippen LogP) is 3.02. The molecule has 1 atom stereocenters. The number of rotatable bonds is 4. The number of urea groups is 1. The molecule has 0 aromatic carbocycles. The van der Waals surface area contributed by atoms with Crippen LogP contribution in [0.15, 0.2) is 24.5 Å². The molecule has 1 saturated carbocycles. The summed E-state index contributed by atoms with van der Waals surface area (Å²) in [6, 6.07) is 4.86. The summed E-state index contributed by atoms with van der Waals surface area (Å²) in [5.74, 6) is 0.667. The van der Waals surface area contributed by atoms with E-state index in [1.54, 1.807) is 6.20 Å². The van der Waals surface area contributed by atoms with E-state index in [1.807, 2.05) is 12.3 Å². The molecule has 3 saturated heterocycles. The Morgan fingerprint density at radius 1 is 1.20 bits per heavy atom. The molecule has 4 aliphatic rings. The molecule has 4 heterocycles. The zero-order valence-electron chi connectivity index (χ0n) is 15.1. The van der Waals surface area contributed by atoms with Gasteiger partial charge >= 0.3 is 6.03 Å². The third-order valence-corrected chi connectivity index (χ3v) is 6.32. The summed E-state index contributed by atoms with van der Waals surface area (Å²) in [6.45, 7) is 4.12. The number of hydrogen-bond acceptors (Lipinski definition) is 3. The first-order valence-corrected chi connectivity index (χ1v) is 9.98. The van der Waals surface area contributed by atoms with Crippen LogP contribution in [0.3, 0.4) is 0 Å². The van der Waals surface area contributed by atoms with E-state index in [1.165, 1.54) is 45.2 Å². The highest BCUT2D eigenvalue weighted by molar-refractivity contribution is 5.75. The minimum Gasteiger partial charge on any atom is -0.334 e. The van der Waals surface area contributed by atoms with Crippen LogP contribution in [0.2, 0.25) is 0 Å². The van der Waals surface area contributed by atoms with Crippen molar-refractivity contribution in [3.63, 3.8) is 0 Å². The van der Waals surface area contributed by atoms with Gasteiger partial charge in [0.05, 0.1) is 0 Å². The fourth-order valence-corrected chi connectivity index (χ4v) is 4.82. The monoisotopic (exact) mass is 342 g/mol. The predicted molar refractivity (Wildman–Crippen MR) is 98.1 cm³/mol. The van der Waals surface area contributed by atoms with Crippen LogP contribution < -0.4 is 5.32 Å². The molecule has 1 unspecified atom stereocenters. The van der Waals surface area contributed by atoms with Crippen LogP contribution >= 0.6 is 0 Å². The average Bonchev–Trinajstić information content (AvgIpc) is 2.68. The number of aromatic nitrogens is 1. The van der Waals surface area contributed by atoms with Crippen molar-refractivity contribution in [2.75, 3.05) is 19.6 Å². The van der Waals surface area contributed by atoms with E-state index in [9.17, 15) is 4.79 Å². The van der Waals surface area contributed by atoms with Gasteiger partial charge in [-0.25, -0.2) is 4.79 Å². The lowest BCUT2D eigenvalue weighted by Crippen LogP contribution is -2.60. The summed E-state index contributed by atoms with van der Waals surface area (Å²) < 4.78 is 0. The lowest BCUT2D eigenvalue weighted by atomic mass is 9.84. The number of hydrogen-bond donors (Lipinski definition) is 1. The van der Waals surface area contributed by atoms with Crippen LogP contribution in [0.4, 0.5) is 4.79 Å². The van der Waals surface area contributed by atoms with E-state index in [2.05, 4.69) is 26.2 Å². The largest absolute Gasteiger partial charge is 0.334 e. The van der Waals surface area contributed by atoms with Crippen molar-refractivity contribution >= 4 is 6.03 Å². The number of amides is 2. The average molecular weight is 342 g/mol. The fraction of sp³-hybridized carbons (Fsp3) is 0.700. The molecule has 0 radical (unpaired) electrons. The van der Waals surface area contributed by atoms with Crippen molar-refractivity contribution in [3.05, 3.63) is 30.1 Å². The normalized spacial score (nSPS) is 29.4. The van der Waals surface area contributed by atoms with E-state index in [0.717, 1.165) is 24.9 Å². The van der Waals surface area contributed by atoms with Gasteiger partial charge in [-0.3, -0.25) is 4.98 Å². The number of carbonyl (C=O) groups is 1. The van der Waals surface area contributed by atoms with Gasteiger partial charge in [-0.1, -0.05) is 25.3 Å². The molecule has 2 amide bonds. The molecule has 5 rings (SSSR count). The molecule has 1 N–H and O–H groups in total. The number of fused-ring (bicyclic) bond motifs is 3. The zero-order valence-corrected chi connectivity index (χ0v) is 15.1. The Kier molecular flexibility index (Phi) is 5.20. The second-order valence-electron chi connectivity index (χ2n) is 7.98. The molecule has 4 fully saturated rings. The number of nitrogens with zero attached hydrogens (tertiary/aromatic N) is 3. The molecule has 5 heteroatoms. The Morgan fingerprint density at radius 3 is 2.64 bits per heavy atom. The minimum absolute atomic E-state index is 0.134. The van der Waals surface area contributed by atoms with Crippen molar-refractivity contribution < 1.29 is 4.79 Å². The fourth-order valence-electron chi connectivity index (χ4n) is 4.82. The van der Waals surface area contributed by atoms with Crippen molar-refractivity contribution in [1.82, 2.24) is 20.1 Å². The molecule has 2 bridgehead atoms. The van der Waals surface area contributed by atoms with E-state index in [4.69, 9.17) is 0 Å². The quantitative estimate of drug-likeness (QED) is 0.915. The van der Waals surface area contributed by atoms with Gasteiger partial charge in [0, 0.05) is 37.6 Å². The Balaban J connectivity index is 1.45. The molecule has 1 aromatic heterocycles. The van der Waals surface area contributed by atoms with Gasteiger partial charge in [0.25, 0.3) is 0 Å². The first-order valence-electron chi connectivity index (χ1n) is 9.98. The number of carbonyl (C=O) groups excluding carboxylic acids is 1. The second kappa shape index (κ2) is 7.73. The molecule has 1 aromatic rings. The van der Waals surface area contributed by atoms with Crippen LogP contribution in [-0.2, 0) is 6.54 Å². The summed E-state index contributed by atoms with van der Waals surface area (Å²) in [5, 5.41) is 3.39. The van der Waals surface area contributed by atoms with Gasteiger partial charge in [0.1, 0.15) is 0 Å². The second-order valence-corrected chi connectivity index (χ2v) is 7.98. The van der Waals surface area contributed by atoms with Gasteiger partial charge in [-0.15, -0.1) is 0 Å². The van der Waals surface area contributed by atoms with E-state index in [-0.39, 0.29) is 6.03 Å². The maximum absolute atomic E-state index is 13.2. The molecule has 3 aliphatic heterocycles. The highest BCUT2D eigenvalue weighted by atomic mass is 16.2. The third kappa shape index (κ3) is 3.97. The van der Waals surface area contributed by atoms with Crippen LogP contribution in [0.25, 0.3) is 0 Å². The lowest BCUT2D eigenvalue weighted by Gasteiger charge is -2.46. The van der Waals surface area contributed by atoms with E-state index in [0.29, 0.717) is 24.5 Å². The van der Waals surface area contributed by atoms with Crippen LogP contribution in [0.1, 0.15) is 50.5 Å². The van der Waals surface area contributed by atoms with E-state index >= 15 is 0 Å². The molecule has 0 spiro atoms. The molecule has 136 valence electrons. The molecular formula is C20H30N4O. The Labute approximate surface area is 150 Å². The summed E-state index contributed by atoms with van der Waals surface area (Å²) >= 11 is 0. The topological polar surface area (TPSA) is 48.5 Å². The van der Waals surface area contributed by atoms with Gasteiger partial charge in [0.2, 0.25) is 0 Å². The van der Waals surface area contributed by atoms with Crippen molar-refractivity contribution in [3.8, 4) is 0 Å². The molecule has 25 heavy (non-hydrogen) atoms. The molecule has 1 aliphatic carbocycles. The SMILES string of the molecule is O=C(NC1CN2CCC1CC2)N(Cc1cccnc1)C1CCCCC1. The van der Waals surface area contributed by atoms with Crippen LogP contribution in [0, 0.1) is 5.92 Å². The standard InChI is InChI=1S/C20H30N4O/c25-20(22-19-15-23-11-8-17(19)9-12-23)24(18-6-2-1-3-7-18)14-16-5-4-10-21-13-16/h4-5,10,13,17-19H,1-3,6-9,11-12,14-15H2,(H,22,25). The highest BCUT2D eigenvalue weighted by Crippen LogP contribution is 2.29. The third-order valence-electron chi connectivity index (χ3n) is 6.32. The maximum Gasteiger partial charge on any atom is 0.318 e. The number of piperidine rings is 3. The van der Waals surface area contributed by atoms with Gasteiger partial charge < -0.3 is 15.1 Å². The first kappa shape index (κ1) is 16.8. The Morgan fingerprint density at radius 2 is 2.00 bits per heavy atom. The van der Waals surface area contributed by atoms with Gasteiger partial charge in [0.15, 0.2) is 0 Å². The van der Waals surface area contributed by atoms with Crippen LogP contribution in [0.5, 0.6) is 0 Å².